The minimum atomic E-state index is -0.721. The van der Waals surface area contributed by atoms with E-state index < -0.39 is 5.97 Å². The first-order chi connectivity index (χ1) is 8.25. The highest BCUT2D eigenvalue weighted by atomic mass is 16.4. The van der Waals surface area contributed by atoms with E-state index in [9.17, 15) is 4.79 Å². The Hall–Kier alpha value is -1.29. The molecule has 4 heteroatoms. The van der Waals surface area contributed by atoms with Crippen LogP contribution >= 0.6 is 0 Å². The van der Waals surface area contributed by atoms with E-state index >= 15 is 0 Å². The van der Waals surface area contributed by atoms with Gasteiger partial charge in [-0.2, -0.15) is 0 Å². The number of carboxylic acid groups (broad SMARTS) is 1. The van der Waals surface area contributed by atoms with Gasteiger partial charge in [0, 0.05) is 17.9 Å². The summed E-state index contributed by atoms with van der Waals surface area (Å²) in [6.07, 6.45) is 4.85. The summed E-state index contributed by atoms with van der Waals surface area (Å²) in [5.74, 6) is -0.721. The molecule has 4 nitrogen and oxygen atoms in total. The predicted molar refractivity (Wildman–Crippen MR) is 64.1 cm³/mol. The molecule has 0 spiro atoms. The summed E-state index contributed by atoms with van der Waals surface area (Å²) >= 11 is 0. The highest BCUT2D eigenvalue weighted by Gasteiger charge is 2.28. The number of fused-ring (bicyclic) bond motifs is 3. The Balaban J connectivity index is 1.99. The molecule has 0 saturated heterocycles. The molecule has 0 bridgehead atoms. The Labute approximate surface area is 101 Å². The minimum Gasteiger partial charge on any atom is -0.481 e. The molecule has 2 aliphatic rings. The van der Waals surface area contributed by atoms with E-state index in [2.05, 4.69) is 16.0 Å². The summed E-state index contributed by atoms with van der Waals surface area (Å²) in [4.78, 5) is 10.9. The van der Waals surface area contributed by atoms with Crippen LogP contribution in [0.25, 0.3) is 0 Å². The molecule has 1 aromatic heterocycles. The monoisotopic (exact) mass is 234 g/mol. The molecule has 1 unspecified atom stereocenters. The number of hydrogen-bond donors (Lipinski definition) is 2. The first-order valence-corrected chi connectivity index (χ1v) is 6.42. The van der Waals surface area contributed by atoms with Gasteiger partial charge in [0.1, 0.15) is 0 Å². The maximum Gasteiger partial charge on any atom is 0.305 e. The molecule has 0 radical (unpaired) electrons. The maximum atomic E-state index is 10.9. The van der Waals surface area contributed by atoms with Gasteiger partial charge in [-0.25, -0.2) is 0 Å². The summed E-state index contributed by atoms with van der Waals surface area (Å²) in [6, 6.07) is 2.30. The molecule has 0 aliphatic carbocycles. The third kappa shape index (κ3) is 1.86. The lowest BCUT2D eigenvalue weighted by molar-refractivity contribution is -0.137. The minimum absolute atomic E-state index is 0.00287. The maximum absolute atomic E-state index is 10.9. The summed E-state index contributed by atoms with van der Waals surface area (Å²) in [5, 5.41) is 12.3. The molecule has 2 aliphatic heterocycles. The van der Waals surface area contributed by atoms with E-state index in [1.165, 1.54) is 29.8 Å². The van der Waals surface area contributed by atoms with Gasteiger partial charge in [0.05, 0.1) is 12.5 Å². The Bertz CT molecular complexity index is 451. The van der Waals surface area contributed by atoms with Crippen LogP contribution in [0.2, 0.25) is 0 Å². The van der Waals surface area contributed by atoms with Crippen molar-refractivity contribution in [3.63, 3.8) is 0 Å². The number of rotatable bonds is 2. The fourth-order valence-corrected chi connectivity index (χ4v) is 3.16. The molecule has 0 saturated carbocycles. The highest BCUT2D eigenvalue weighted by molar-refractivity contribution is 5.68. The third-order valence-electron chi connectivity index (χ3n) is 3.87. The zero-order valence-electron chi connectivity index (χ0n) is 9.91. The highest BCUT2D eigenvalue weighted by Crippen LogP contribution is 2.31. The SMILES string of the molecule is O=C(O)CC1NCCc2cc3n(c21)CCCC3. The fraction of sp³-hybridized carbons (Fsp3) is 0.615. The standard InChI is InChI=1S/C13H18N2O2/c16-12(17)8-11-13-9(4-5-14-11)7-10-3-1-2-6-15(10)13/h7,11,14H,1-6,8H2,(H,16,17). The van der Waals surface area contributed by atoms with Gasteiger partial charge in [-0.15, -0.1) is 0 Å². The van der Waals surface area contributed by atoms with Crippen molar-refractivity contribution in [2.45, 2.75) is 44.7 Å². The van der Waals surface area contributed by atoms with Gasteiger partial charge in [-0.3, -0.25) is 4.79 Å². The number of aromatic nitrogens is 1. The molecule has 1 atom stereocenters. The van der Waals surface area contributed by atoms with Gasteiger partial charge >= 0.3 is 5.97 Å². The van der Waals surface area contributed by atoms with Crippen molar-refractivity contribution < 1.29 is 9.90 Å². The van der Waals surface area contributed by atoms with E-state index in [1.807, 2.05) is 0 Å². The quantitative estimate of drug-likeness (QED) is 0.815. The van der Waals surface area contributed by atoms with Crippen molar-refractivity contribution in [3.8, 4) is 0 Å². The smallest absolute Gasteiger partial charge is 0.305 e. The second-order valence-electron chi connectivity index (χ2n) is 5.01. The van der Waals surface area contributed by atoms with Crippen LogP contribution in [-0.4, -0.2) is 22.2 Å². The second-order valence-corrected chi connectivity index (χ2v) is 5.01. The van der Waals surface area contributed by atoms with Crippen LogP contribution < -0.4 is 5.32 Å². The van der Waals surface area contributed by atoms with Gasteiger partial charge in [-0.05, 0) is 43.9 Å². The number of carbonyl (C=O) groups is 1. The van der Waals surface area contributed by atoms with Crippen LogP contribution in [0.15, 0.2) is 6.07 Å². The summed E-state index contributed by atoms with van der Waals surface area (Å²) in [6.45, 7) is 1.96. The normalized spacial score (nSPS) is 22.9. The zero-order chi connectivity index (χ0) is 11.8. The van der Waals surface area contributed by atoms with E-state index in [0.717, 1.165) is 25.9 Å². The van der Waals surface area contributed by atoms with E-state index in [-0.39, 0.29) is 12.5 Å². The molecule has 0 amide bonds. The van der Waals surface area contributed by atoms with Crippen molar-refractivity contribution in [2.24, 2.45) is 0 Å². The molecule has 2 N–H and O–H groups in total. The lowest BCUT2D eigenvalue weighted by atomic mass is 9.99. The lowest BCUT2D eigenvalue weighted by Crippen LogP contribution is -2.33. The molecular formula is C13H18N2O2. The van der Waals surface area contributed by atoms with Crippen molar-refractivity contribution in [2.75, 3.05) is 6.54 Å². The van der Waals surface area contributed by atoms with Gasteiger partial charge in [0.15, 0.2) is 0 Å². The zero-order valence-corrected chi connectivity index (χ0v) is 9.91. The Morgan fingerprint density at radius 3 is 3.18 bits per heavy atom. The summed E-state index contributed by atoms with van der Waals surface area (Å²) < 4.78 is 2.36. The average Bonchev–Trinajstić information content (AvgIpc) is 2.67. The fourth-order valence-electron chi connectivity index (χ4n) is 3.16. The third-order valence-corrected chi connectivity index (χ3v) is 3.87. The van der Waals surface area contributed by atoms with Gasteiger partial charge in [0.25, 0.3) is 0 Å². The molecule has 0 fully saturated rings. The molecular weight excluding hydrogens is 216 g/mol. The molecule has 17 heavy (non-hydrogen) atoms. The number of nitrogens with zero attached hydrogens (tertiary/aromatic N) is 1. The van der Waals surface area contributed by atoms with Crippen LogP contribution in [0.3, 0.4) is 0 Å². The number of aryl methyl sites for hydroxylation is 1. The van der Waals surface area contributed by atoms with E-state index in [1.54, 1.807) is 0 Å². The lowest BCUT2D eigenvalue weighted by Gasteiger charge is -2.27. The Morgan fingerprint density at radius 2 is 2.35 bits per heavy atom. The second kappa shape index (κ2) is 4.18. The Kier molecular flexibility index (Phi) is 2.67. The summed E-state index contributed by atoms with van der Waals surface area (Å²) in [7, 11) is 0. The average molecular weight is 234 g/mol. The van der Waals surface area contributed by atoms with E-state index in [0.29, 0.717) is 0 Å². The first-order valence-electron chi connectivity index (χ1n) is 6.42. The van der Waals surface area contributed by atoms with Crippen LogP contribution in [-0.2, 0) is 24.2 Å². The molecule has 1 aromatic rings. The van der Waals surface area contributed by atoms with Crippen molar-refractivity contribution in [1.82, 2.24) is 9.88 Å². The largest absolute Gasteiger partial charge is 0.481 e. The van der Waals surface area contributed by atoms with Crippen LogP contribution in [0, 0.1) is 0 Å². The number of nitrogens with one attached hydrogen (secondary N) is 1. The molecule has 3 heterocycles. The Morgan fingerprint density at radius 1 is 1.47 bits per heavy atom. The molecule has 3 rings (SSSR count). The van der Waals surface area contributed by atoms with Crippen LogP contribution in [0.1, 0.15) is 42.3 Å². The van der Waals surface area contributed by atoms with Gasteiger partial charge in [0.2, 0.25) is 0 Å². The number of carboxylic acids is 1. The van der Waals surface area contributed by atoms with Crippen LogP contribution in [0.4, 0.5) is 0 Å². The topological polar surface area (TPSA) is 54.3 Å². The molecule has 0 aromatic carbocycles. The number of hydrogen-bond acceptors (Lipinski definition) is 2. The van der Waals surface area contributed by atoms with Crippen molar-refractivity contribution in [3.05, 3.63) is 23.0 Å². The van der Waals surface area contributed by atoms with E-state index in [4.69, 9.17) is 5.11 Å². The summed E-state index contributed by atoms with van der Waals surface area (Å²) in [5.41, 5.74) is 4.01. The molecule has 92 valence electrons. The predicted octanol–water partition coefficient (Wildman–Crippen LogP) is 1.49. The van der Waals surface area contributed by atoms with Gasteiger partial charge < -0.3 is 15.0 Å². The van der Waals surface area contributed by atoms with Gasteiger partial charge in [-0.1, -0.05) is 0 Å². The van der Waals surface area contributed by atoms with Crippen molar-refractivity contribution in [1.29, 1.82) is 0 Å². The number of aliphatic carboxylic acids is 1. The first kappa shape index (κ1) is 10.8. The van der Waals surface area contributed by atoms with Crippen molar-refractivity contribution >= 4 is 5.97 Å². The van der Waals surface area contributed by atoms with Crippen LogP contribution in [0.5, 0.6) is 0 Å².